The Morgan fingerprint density at radius 2 is 0.667 bits per heavy atom. The number of rotatable bonds is 15. The standard InChI is InChI=1S/C47H78N2O35/c1-2-22(56)49-8-7-48-6-3-15-23(57)31(65)42(72)81-37-18(11-52)77-44(33(67)26(37)60)76-17(5-10-51)25(59)32(66)43(73)82-38-19(12-53)79-46(35(69)27(38)61)84-40-21(14-55)80-47(36(70)29(40)63)83-39-20(13-54)78-45(34(68)28(39)62)75-16(4-9-50)24(58)30(64)41(71)74-15/h2,15-21,26-29,33-48,50-55,57-73H,1,3-14H2,(H,49,56)/b30-24+,31-23+,32-25+. The maximum atomic E-state index is 11.6. The number of hydrogen-bond donors (Lipinski definition) is 25. The number of carbonyl (C=O) groups excluding carboxylic acids is 1. The lowest BCUT2D eigenvalue weighted by atomic mass is 9.96. The molecule has 0 saturated carbocycles. The van der Waals surface area contributed by atoms with Crippen LogP contribution in [-0.4, -0.2) is 343 Å². The minimum Gasteiger partial charge on any atom is -0.506 e. The van der Waals surface area contributed by atoms with Gasteiger partial charge in [-0.1, -0.05) is 6.58 Å². The molecule has 37 nitrogen and oxygen atoms in total. The first-order valence-corrected chi connectivity index (χ1v) is 26.1. The number of ether oxygens (including phenoxy) is 11. The molecule has 9 aliphatic heterocycles. The van der Waals surface area contributed by atoms with Crippen molar-refractivity contribution in [2.75, 3.05) is 59.3 Å². The van der Waals surface area contributed by atoms with Crippen molar-refractivity contribution < 1.29 is 174 Å². The van der Waals surface area contributed by atoms with E-state index < -0.39 is 259 Å². The second-order valence-corrected chi connectivity index (χ2v) is 19.5. The molecule has 8 bridgehead atoms. The summed E-state index contributed by atoms with van der Waals surface area (Å²) in [5, 5.41) is 256. The van der Waals surface area contributed by atoms with E-state index in [0.717, 1.165) is 6.08 Å². The Morgan fingerprint density at radius 1 is 0.369 bits per heavy atom. The van der Waals surface area contributed by atoms with Gasteiger partial charge < -0.3 is 180 Å². The third-order valence-corrected chi connectivity index (χ3v) is 13.9. The van der Waals surface area contributed by atoms with Crippen molar-refractivity contribution in [2.24, 2.45) is 0 Å². The predicted octanol–water partition coefficient (Wildman–Crippen LogP) is -10.6. The monoisotopic (exact) mass is 1230 g/mol. The van der Waals surface area contributed by atoms with E-state index in [0.29, 0.717) is 0 Å². The number of amides is 1. The average molecular weight is 1230 g/mol. The second-order valence-electron chi connectivity index (χ2n) is 19.5. The Balaban J connectivity index is 1.54. The molecule has 0 aromatic carbocycles. The largest absolute Gasteiger partial charge is 0.506 e. The van der Waals surface area contributed by atoms with Gasteiger partial charge in [0.1, 0.15) is 116 Å². The van der Waals surface area contributed by atoms with Gasteiger partial charge in [-0.3, -0.25) is 4.79 Å². The van der Waals surface area contributed by atoms with Crippen molar-refractivity contribution in [2.45, 2.75) is 179 Å². The number of nitrogens with one attached hydrogen (secondary N) is 2. The lowest BCUT2D eigenvalue weighted by Crippen LogP contribution is -2.67. The third-order valence-electron chi connectivity index (χ3n) is 13.9. The zero-order valence-electron chi connectivity index (χ0n) is 44.5. The maximum absolute atomic E-state index is 11.6. The summed E-state index contributed by atoms with van der Waals surface area (Å²) in [5.41, 5.74) is 0. The van der Waals surface area contributed by atoms with Crippen LogP contribution in [-0.2, 0) is 56.9 Å². The van der Waals surface area contributed by atoms with Crippen LogP contribution < -0.4 is 10.6 Å². The Kier molecular flexibility index (Phi) is 27.7. The van der Waals surface area contributed by atoms with Crippen LogP contribution in [0.4, 0.5) is 0 Å². The third kappa shape index (κ3) is 17.0. The maximum Gasteiger partial charge on any atom is 0.243 e. The van der Waals surface area contributed by atoms with Crippen LogP contribution in [0.2, 0.25) is 0 Å². The minimum atomic E-state index is -2.78. The van der Waals surface area contributed by atoms with E-state index in [1.165, 1.54) is 0 Å². The van der Waals surface area contributed by atoms with Crippen molar-refractivity contribution in [1.29, 1.82) is 0 Å². The highest BCUT2D eigenvalue weighted by Gasteiger charge is 2.55. The highest BCUT2D eigenvalue weighted by atomic mass is 16.8. The Bertz CT molecular complexity index is 2140. The van der Waals surface area contributed by atoms with Gasteiger partial charge in [-0.2, -0.15) is 0 Å². The van der Waals surface area contributed by atoms with Gasteiger partial charge in [-0.05, 0) is 19.0 Å². The molecule has 1 amide bonds. The van der Waals surface area contributed by atoms with Gasteiger partial charge in [0.15, 0.2) is 59.7 Å². The number of hydrogen-bond acceptors (Lipinski definition) is 36. The van der Waals surface area contributed by atoms with Crippen LogP contribution in [0.1, 0.15) is 19.3 Å². The molecule has 0 aromatic rings. The molecule has 26 unspecified atom stereocenters. The summed E-state index contributed by atoms with van der Waals surface area (Å²) in [7, 11) is 0. The molecule has 84 heavy (non-hydrogen) atoms. The molecular weight excluding hydrogens is 1150 g/mol. The number of aliphatic hydroxyl groups is 23. The first kappa shape index (κ1) is 70.8. The van der Waals surface area contributed by atoms with E-state index in [9.17, 15) is 122 Å². The van der Waals surface area contributed by atoms with Crippen molar-refractivity contribution >= 4 is 5.91 Å². The van der Waals surface area contributed by atoms with Crippen LogP contribution in [0, 0.1) is 0 Å². The van der Waals surface area contributed by atoms with Crippen LogP contribution in [0.25, 0.3) is 0 Å². The summed E-state index contributed by atoms with van der Waals surface area (Å²) in [6, 6.07) is 0. The molecule has 26 atom stereocenters. The first-order chi connectivity index (χ1) is 39.8. The van der Waals surface area contributed by atoms with E-state index in [1.54, 1.807) is 0 Å². The van der Waals surface area contributed by atoms with Crippen LogP contribution >= 0.6 is 0 Å². The van der Waals surface area contributed by atoms with Gasteiger partial charge in [0.05, 0.1) is 26.4 Å². The Morgan fingerprint density at radius 3 is 0.976 bits per heavy atom. The quantitative estimate of drug-likeness (QED) is 0.0535. The van der Waals surface area contributed by atoms with E-state index in [-0.39, 0.29) is 19.6 Å². The molecule has 9 heterocycles. The topological polar surface area (TPSA) is 608 Å². The molecule has 9 rings (SSSR count). The molecule has 0 aromatic heterocycles. The van der Waals surface area contributed by atoms with Gasteiger partial charge in [0.2, 0.25) is 24.8 Å². The molecular formula is C47H78N2O35. The molecule has 4 fully saturated rings. The minimum absolute atomic E-state index is 0.00649. The van der Waals surface area contributed by atoms with Crippen molar-refractivity contribution in [3.8, 4) is 0 Å². The van der Waals surface area contributed by atoms with Crippen LogP contribution in [0.15, 0.2) is 47.2 Å². The van der Waals surface area contributed by atoms with Gasteiger partial charge in [0.25, 0.3) is 0 Å². The van der Waals surface area contributed by atoms with Gasteiger partial charge in [-0.15, -0.1) is 0 Å². The Hall–Kier alpha value is -3.93. The van der Waals surface area contributed by atoms with Crippen molar-refractivity contribution in [1.82, 2.24) is 10.6 Å². The molecule has 37 heteroatoms. The first-order valence-electron chi connectivity index (χ1n) is 26.1. The van der Waals surface area contributed by atoms with Gasteiger partial charge in [-0.25, -0.2) is 0 Å². The lowest BCUT2D eigenvalue weighted by molar-refractivity contribution is -0.383. The van der Waals surface area contributed by atoms with Gasteiger partial charge in [0, 0.05) is 39.1 Å². The van der Waals surface area contributed by atoms with E-state index in [2.05, 4.69) is 17.2 Å². The molecule has 25 N–H and O–H groups in total. The van der Waals surface area contributed by atoms with Crippen LogP contribution in [0.5, 0.6) is 0 Å². The summed E-state index contributed by atoms with van der Waals surface area (Å²) >= 11 is 0. The fourth-order valence-corrected chi connectivity index (χ4v) is 9.23. The fourth-order valence-electron chi connectivity index (χ4n) is 9.23. The normalized spacial score (nSPS) is 44.8. The highest BCUT2D eigenvalue weighted by Crippen LogP contribution is 2.36. The van der Waals surface area contributed by atoms with E-state index in [1.807, 2.05) is 0 Å². The second kappa shape index (κ2) is 32.9. The fraction of sp³-hybridized carbons (Fsp3) is 0.809. The van der Waals surface area contributed by atoms with Gasteiger partial charge >= 0.3 is 0 Å². The van der Waals surface area contributed by atoms with E-state index >= 15 is 0 Å². The summed E-state index contributed by atoms with van der Waals surface area (Å²) in [4.78, 5) is 11.6. The number of fused-ring (bicyclic) bond motifs is 4. The summed E-state index contributed by atoms with van der Waals surface area (Å²) in [6.45, 7) is -3.21. The summed E-state index contributed by atoms with van der Waals surface area (Å²) in [5.74, 6) is -9.40. The highest BCUT2D eigenvalue weighted by molar-refractivity contribution is 5.86. The summed E-state index contributed by atoms with van der Waals surface area (Å²) < 4.78 is 60.6. The Labute approximate surface area is 476 Å². The molecule has 0 radical (unpaired) electrons. The molecule has 9 aliphatic rings. The molecule has 486 valence electrons. The van der Waals surface area contributed by atoms with Crippen molar-refractivity contribution in [3.63, 3.8) is 0 Å². The molecule has 4 saturated heterocycles. The average Bonchev–Trinajstić information content (AvgIpc) is 3.30. The van der Waals surface area contributed by atoms with E-state index in [4.69, 9.17) is 52.1 Å². The number of aliphatic hydroxyl groups excluding tert-OH is 23. The predicted molar refractivity (Wildman–Crippen MR) is 264 cm³/mol. The smallest absolute Gasteiger partial charge is 0.243 e. The van der Waals surface area contributed by atoms with Crippen LogP contribution in [0.3, 0.4) is 0 Å². The molecule has 0 aliphatic carbocycles. The zero-order chi connectivity index (χ0) is 62.4. The lowest BCUT2D eigenvalue weighted by Gasteiger charge is -2.48. The van der Waals surface area contributed by atoms with Crippen molar-refractivity contribution in [3.05, 3.63) is 47.2 Å². The zero-order valence-corrected chi connectivity index (χ0v) is 44.5. The summed E-state index contributed by atoms with van der Waals surface area (Å²) in [6.07, 6.45) is -57.7. The molecule has 0 spiro atoms. The SMILES string of the molecule is C=CC(=O)NCCNCCC1OC(O)/C(O)=C(\O)C(CCO)OC2OC(CO)C(OC3OC(CO)C(OC4OC(CO)C(OC(O)/C(O)=C(\O)C(CCO)OC5OC(CO)C(OC(O)/C(O)=C/1O)C(O)C5O)C(O)C4O)C(O)C3O)C(O)C2O. The number of carbonyl (C=O) groups is 1.